The van der Waals surface area contributed by atoms with Crippen molar-refractivity contribution in [1.29, 1.82) is 0 Å². The number of hydrogen-bond acceptors (Lipinski definition) is 5. The van der Waals surface area contributed by atoms with Crippen LogP contribution in [0.5, 0.6) is 0 Å². The number of carbonyl (C=O) groups is 1. The molecule has 0 spiro atoms. The first-order chi connectivity index (χ1) is 16.8. The molecule has 2 atom stereocenters. The van der Waals surface area contributed by atoms with Gasteiger partial charge in [-0.3, -0.25) is 4.79 Å². The van der Waals surface area contributed by atoms with Crippen molar-refractivity contribution in [3.8, 4) is 11.4 Å². The van der Waals surface area contributed by atoms with Gasteiger partial charge in [-0.05, 0) is 74.5 Å². The lowest BCUT2D eigenvalue weighted by atomic mass is 10.1. The molecule has 1 aliphatic rings. The highest BCUT2D eigenvalue weighted by atomic mass is 32.2. The molecule has 0 saturated carbocycles. The zero-order valence-corrected chi connectivity index (χ0v) is 20.2. The second-order valence-corrected chi connectivity index (χ2v) is 10.7. The number of fused-ring (bicyclic) bond motifs is 1. The number of hydrogen-bond donors (Lipinski definition) is 2. The largest absolute Gasteiger partial charge is 0.373 e. The van der Waals surface area contributed by atoms with Crippen molar-refractivity contribution < 1.29 is 17.9 Å². The SMILES string of the molecule is CC1CN(S(=O)(=O)c2ccc(C(=O)Nc3ccc(-c4nc5ccccc5[nH]4)cc3)cc2)CC(C)O1. The van der Waals surface area contributed by atoms with Crippen LogP contribution in [0.15, 0.2) is 77.7 Å². The van der Waals surface area contributed by atoms with Gasteiger partial charge in [-0.2, -0.15) is 4.31 Å². The Balaban J connectivity index is 1.27. The Kier molecular flexibility index (Phi) is 6.14. The lowest BCUT2D eigenvalue weighted by Gasteiger charge is -2.34. The van der Waals surface area contributed by atoms with Gasteiger partial charge < -0.3 is 15.0 Å². The van der Waals surface area contributed by atoms with E-state index in [9.17, 15) is 13.2 Å². The number of rotatable bonds is 5. The first kappa shape index (κ1) is 23.2. The number of anilines is 1. The van der Waals surface area contributed by atoms with Crippen LogP contribution in [-0.4, -0.2) is 53.9 Å². The van der Waals surface area contributed by atoms with Crippen LogP contribution in [0, 0.1) is 0 Å². The predicted octanol–water partition coefficient (Wildman–Crippen LogP) is 4.28. The van der Waals surface area contributed by atoms with Crippen LogP contribution < -0.4 is 5.32 Å². The Bertz CT molecular complexity index is 1420. The fourth-order valence-corrected chi connectivity index (χ4v) is 5.85. The third-order valence-electron chi connectivity index (χ3n) is 5.95. The van der Waals surface area contributed by atoms with Gasteiger partial charge in [0, 0.05) is 29.9 Å². The third kappa shape index (κ3) is 4.84. The zero-order chi connectivity index (χ0) is 24.6. The highest BCUT2D eigenvalue weighted by Gasteiger charge is 2.32. The third-order valence-corrected chi connectivity index (χ3v) is 7.79. The number of aromatic amines is 1. The molecule has 2 unspecified atom stereocenters. The van der Waals surface area contributed by atoms with Gasteiger partial charge >= 0.3 is 0 Å². The van der Waals surface area contributed by atoms with Crippen molar-refractivity contribution in [2.24, 2.45) is 0 Å². The molecule has 8 nitrogen and oxygen atoms in total. The Labute approximate surface area is 204 Å². The molecule has 2 N–H and O–H groups in total. The van der Waals surface area contributed by atoms with Crippen molar-refractivity contribution in [3.05, 3.63) is 78.4 Å². The number of amides is 1. The van der Waals surface area contributed by atoms with Crippen LogP contribution in [0.3, 0.4) is 0 Å². The Morgan fingerprint density at radius 3 is 2.29 bits per heavy atom. The number of H-pyrrole nitrogens is 1. The molecule has 0 aliphatic carbocycles. The van der Waals surface area contributed by atoms with Gasteiger partial charge in [-0.25, -0.2) is 13.4 Å². The standard InChI is InChI=1S/C26H26N4O4S/c1-17-15-30(16-18(2)34-17)35(32,33)22-13-9-20(10-14-22)26(31)27-21-11-7-19(8-12-21)25-28-23-5-3-4-6-24(23)29-25/h3-14,17-18H,15-16H2,1-2H3,(H,27,31)(H,28,29). The highest BCUT2D eigenvalue weighted by molar-refractivity contribution is 7.89. The molecule has 1 aliphatic heterocycles. The van der Waals surface area contributed by atoms with Crippen LogP contribution in [0.1, 0.15) is 24.2 Å². The molecule has 0 bridgehead atoms. The van der Waals surface area contributed by atoms with Crippen LogP contribution in [-0.2, 0) is 14.8 Å². The number of nitrogens with one attached hydrogen (secondary N) is 2. The zero-order valence-electron chi connectivity index (χ0n) is 19.4. The number of morpholine rings is 1. The van der Waals surface area contributed by atoms with E-state index < -0.39 is 10.0 Å². The van der Waals surface area contributed by atoms with Crippen LogP contribution in [0.2, 0.25) is 0 Å². The minimum absolute atomic E-state index is 0.158. The molecule has 9 heteroatoms. The number of carbonyl (C=O) groups excluding carboxylic acids is 1. The summed E-state index contributed by atoms with van der Waals surface area (Å²) in [5, 5.41) is 2.85. The highest BCUT2D eigenvalue weighted by Crippen LogP contribution is 2.24. The first-order valence-electron chi connectivity index (χ1n) is 11.4. The lowest BCUT2D eigenvalue weighted by Crippen LogP contribution is -2.48. The molecule has 1 aromatic heterocycles. The number of imidazole rings is 1. The molecule has 0 radical (unpaired) electrons. The molecule has 2 heterocycles. The van der Waals surface area contributed by atoms with Gasteiger partial charge in [-0.1, -0.05) is 12.1 Å². The summed E-state index contributed by atoms with van der Waals surface area (Å²) in [6.45, 7) is 4.32. The van der Waals surface area contributed by atoms with Gasteiger partial charge in [0.2, 0.25) is 10.0 Å². The van der Waals surface area contributed by atoms with Gasteiger partial charge in [0.1, 0.15) is 5.82 Å². The second kappa shape index (κ2) is 9.26. The van der Waals surface area contributed by atoms with Crippen LogP contribution in [0.4, 0.5) is 5.69 Å². The maximum Gasteiger partial charge on any atom is 0.255 e. The Morgan fingerprint density at radius 2 is 1.63 bits per heavy atom. The van der Waals surface area contributed by atoms with E-state index in [1.807, 2.05) is 50.2 Å². The summed E-state index contributed by atoms with van der Waals surface area (Å²) >= 11 is 0. The molecule has 3 aromatic carbocycles. The molecule has 35 heavy (non-hydrogen) atoms. The molecule has 1 fully saturated rings. The van der Waals surface area contributed by atoms with Crippen molar-refractivity contribution >= 4 is 32.7 Å². The predicted molar refractivity (Wildman–Crippen MR) is 135 cm³/mol. The number of ether oxygens (including phenoxy) is 1. The molecular weight excluding hydrogens is 464 g/mol. The Morgan fingerprint density at radius 1 is 0.971 bits per heavy atom. The van der Waals surface area contributed by atoms with Crippen molar-refractivity contribution in [3.63, 3.8) is 0 Å². The van der Waals surface area contributed by atoms with Crippen LogP contribution >= 0.6 is 0 Å². The minimum Gasteiger partial charge on any atom is -0.373 e. The smallest absolute Gasteiger partial charge is 0.255 e. The van der Waals surface area contributed by atoms with E-state index in [1.165, 1.54) is 28.6 Å². The fraction of sp³-hybridized carbons (Fsp3) is 0.231. The summed E-state index contributed by atoms with van der Waals surface area (Å²) in [6.07, 6.45) is -0.339. The normalized spacial score (nSPS) is 19.0. The van der Waals surface area contributed by atoms with E-state index in [1.54, 1.807) is 12.1 Å². The topological polar surface area (TPSA) is 104 Å². The number of sulfonamides is 1. The van der Waals surface area contributed by atoms with E-state index in [0.717, 1.165) is 22.4 Å². The van der Waals surface area contributed by atoms with Gasteiger partial charge in [0.25, 0.3) is 5.91 Å². The average Bonchev–Trinajstić information content (AvgIpc) is 3.28. The summed E-state index contributed by atoms with van der Waals surface area (Å²) in [7, 11) is -3.66. The summed E-state index contributed by atoms with van der Waals surface area (Å²) in [6, 6.07) is 21.2. The molecule has 1 amide bonds. The summed E-state index contributed by atoms with van der Waals surface area (Å²) in [5.41, 5.74) is 3.75. The van der Waals surface area contributed by atoms with E-state index in [2.05, 4.69) is 15.3 Å². The Hall–Kier alpha value is -3.53. The quantitative estimate of drug-likeness (QED) is 0.435. The molecule has 5 rings (SSSR count). The fourth-order valence-electron chi connectivity index (χ4n) is 4.26. The van der Waals surface area contributed by atoms with Crippen LogP contribution in [0.25, 0.3) is 22.4 Å². The maximum absolute atomic E-state index is 13.0. The first-order valence-corrected chi connectivity index (χ1v) is 12.9. The van der Waals surface area contributed by atoms with Gasteiger partial charge in [0.15, 0.2) is 0 Å². The maximum atomic E-state index is 13.0. The number of para-hydroxylation sites is 2. The molecular formula is C26H26N4O4S. The average molecular weight is 491 g/mol. The van der Waals surface area contributed by atoms with E-state index in [-0.39, 0.29) is 23.0 Å². The number of benzene rings is 3. The summed E-state index contributed by atoms with van der Waals surface area (Å²) in [5.74, 6) is 0.434. The molecule has 180 valence electrons. The van der Waals surface area contributed by atoms with Crippen molar-refractivity contribution in [1.82, 2.24) is 14.3 Å². The minimum atomic E-state index is -3.66. The second-order valence-electron chi connectivity index (χ2n) is 8.74. The van der Waals surface area contributed by atoms with Gasteiger partial charge in [-0.15, -0.1) is 0 Å². The van der Waals surface area contributed by atoms with E-state index in [4.69, 9.17) is 4.74 Å². The van der Waals surface area contributed by atoms with E-state index >= 15 is 0 Å². The number of nitrogens with zero attached hydrogens (tertiary/aromatic N) is 2. The monoisotopic (exact) mass is 490 g/mol. The summed E-state index contributed by atoms with van der Waals surface area (Å²) < 4.78 is 33.1. The molecule has 1 saturated heterocycles. The number of aromatic nitrogens is 2. The molecule has 4 aromatic rings. The van der Waals surface area contributed by atoms with E-state index in [0.29, 0.717) is 24.3 Å². The van der Waals surface area contributed by atoms with Crippen molar-refractivity contribution in [2.45, 2.75) is 31.0 Å². The lowest BCUT2D eigenvalue weighted by molar-refractivity contribution is -0.0440. The summed E-state index contributed by atoms with van der Waals surface area (Å²) in [4.78, 5) is 20.8. The van der Waals surface area contributed by atoms with Crippen molar-refractivity contribution in [2.75, 3.05) is 18.4 Å². The van der Waals surface area contributed by atoms with Gasteiger partial charge in [0.05, 0.1) is 28.1 Å².